The van der Waals surface area contributed by atoms with E-state index in [1.807, 2.05) is 18.7 Å². The number of rotatable bonds is 2. The molecule has 0 saturated heterocycles. The van der Waals surface area contributed by atoms with Crippen molar-refractivity contribution in [3.63, 3.8) is 0 Å². The van der Waals surface area contributed by atoms with Crippen LogP contribution in [0.3, 0.4) is 0 Å². The molecule has 0 unspecified atom stereocenters. The SMILES string of the molecule is CC(C)(CCl)C(=O)N1CCc2ccccc2CC1. The van der Waals surface area contributed by atoms with E-state index in [1.54, 1.807) is 0 Å². The molecule has 0 bridgehead atoms. The van der Waals surface area contributed by atoms with Crippen LogP contribution in [0.1, 0.15) is 25.0 Å². The molecule has 0 radical (unpaired) electrons. The molecule has 18 heavy (non-hydrogen) atoms. The number of alkyl halides is 1. The Kier molecular flexibility index (Phi) is 3.96. The van der Waals surface area contributed by atoms with Gasteiger partial charge in [-0.2, -0.15) is 0 Å². The molecule has 0 aliphatic carbocycles. The quantitative estimate of drug-likeness (QED) is 0.753. The molecule has 0 fully saturated rings. The van der Waals surface area contributed by atoms with Gasteiger partial charge in [-0.15, -0.1) is 11.6 Å². The molecular weight excluding hydrogens is 246 g/mol. The topological polar surface area (TPSA) is 20.3 Å². The van der Waals surface area contributed by atoms with Crippen LogP contribution >= 0.6 is 11.6 Å². The number of fused-ring (bicyclic) bond motifs is 1. The third kappa shape index (κ3) is 2.69. The van der Waals surface area contributed by atoms with Crippen LogP contribution in [0.5, 0.6) is 0 Å². The average molecular weight is 266 g/mol. The van der Waals surface area contributed by atoms with Crippen LogP contribution in [0.2, 0.25) is 0 Å². The molecule has 0 aromatic heterocycles. The van der Waals surface area contributed by atoms with Gasteiger partial charge in [0.2, 0.25) is 5.91 Å². The van der Waals surface area contributed by atoms with E-state index in [2.05, 4.69) is 24.3 Å². The number of hydrogen-bond donors (Lipinski definition) is 0. The van der Waals surface area contributed by atoms with E-state index < -0.39 is 5.41 Å². The minimum absolute atomic E-state index is 0.172. The molecule has 0 atom stereocenters. The van der Waals surface area contributed by atoms with Crippen LogP contribution in [-0.4, -0.2) is 29.8 Å². The molecule has 2 nitrogen and oxygen atoms in total. The summed E-state index contributed by atoms with van der Waals surface area (Å²) in [6.45, 7) is 5.44. The lowest BCUT2D eigenvalue weighted by Gasteiger charge is -2.29. The van der Waals surface area contributed by atoms with Crippen LogP contribution in [0, 0.1) is 5.41 Å². The first-order chi connectivity index (χ1) is 8.54. The van der Waals surface area contributed by atoms with Crippen LogP contribution in [0.25, 0.3) is 0 Å². The summed E-state index contributed by atoms with van der Waals surface area (Å²) in [7, 11) is 0. The molecule has 0 saturated carbocycles. The zero-order chi connectivity index (χ0) is 13.2. The maximum absolute atomic E-state index is 12.4. The van der Waals surface area contributed by atoms with Gasteiger partial charge in [-0.05, 0) is 37.8 Å². The number of halogens is 1. The predicted octanol–water partition coefficient (Wildman–Crippen LogP) is 2.88. The highest BCUT2D eigenvalue weighted by molar-refractivity contribution is 6.19. The molecule has 1 amide bonds. The first kappa shape index (κ1) is 13.4. The number of hydrogen-bond acceptors (Lipinski definition) is 1. The number of nitrogens with zero attached hydrogens (tertiary/aromatic N) is 1. The van der Waals surface area contributed by atoms with E-state index >= 15 is 0 Å². The standard InChI is InChI=1S/C15H20ClNO/c1-15(2,11-16)14(18)17-9-7-12-5-3-4-6-13(12)8-10-17/h3-6H,7-11H2,1-2H3. The minimum Gasteiger partial charge on any atom is -0.342 e. The molecule has 98 valence electrons. The summed E-state index contributed by atoms with van der Waals surface area (Å²) in [4.78, 5) is 14.4. The van der Waals surface area contributed by atoms with Crippen molar-refractivity contribution in [2.75, 3.05) is 19.0 Å². The Hall–Kier alpha value is -1.02. The second-order valence-corrected chi connectivity index (χ2v) is 5.85. The summed E-state index contributed by atoms with van der Waals surface area (Å²) in [6, 6.07) is 8.46. The smallest absolute Gasteiger partial charge is 0.229 e. The van der Waals surface area contributed by atoms with Crippen molar-refractivity contribution in [3.05, 3.63) is 35.4 Å². The van der Waals surface area contributed by atoms with E-state index in [0.717, 1.165) is 25.9 Å². The molecule has 3 heteroatoms. The van der Waals surface area contributed by atoms with Crippen molar-refractivity contribution in [2.45, 2.75) is 26.7 Å². The second kappa shape index (κ2) is 5.31. The Balaban J connectivity index is 2.11. The summed E-state index contributed by atoms with van der Waals surface area (Å²) < 4.78 is 0. The lowest BCUT2D eigenvalue weighted by molar-refractivity contribution is -0.139. The molecule has 1 aliphatic rings. The predicted molar refractivity (Wildman–Crippen MR) is 74.9 cm³/mol. The van der Waals surface area contributed by atoms with Gasteiger partial charge < -0.3 is 4.90 Å². The number of amides is 1. The summed E-state index contributed by atoms with van der Waals surface area (Å²) in [6.07, 6.45) is 1.89. The zero-order valence-corrected chi connectivity index (χ0v) is 11.8. The van der Waals surface area contributed by atoms with Crippen molar-refractivity contribution >= 4 is 17.5 Å². The molecule has 2 rings (SSSR count). The van der Waals surface area contributed by atoms with Gasteiger partial charge in [0.1, 0.15) is 0 Å². The van der Waals surface area contributed by atoms with Crippen LogP contribution in [0.15, 0.2) is 24.3 Å². The van der Waals surface area contributed by atoms with Crippen LogP contribution < -0.4 is 0 Å². The van der Waals surface area contributed by atoms with E-state index in [0.29, 0.717) is 5.88 Å². The average Bonchev–Trinajstić information content (AvgIpc) is 2.60. The van der Waals surface area contributed by atoms with Crippen LogP contribution in [0.4, 0.5) is 0 Å². The molecule has 0 N–H and O–H groups in total. The first-order valence-corrected chi connectivity index (χ1v) is 7.00. The Bertz CT molecular complexity index is 415. The van der Waals surface area contributed by atoms with Crippen molar-refractivity contribution in [3.8, 4) is 0 Å². The highest BCUT2D eigenvalue weighted by atomic mass is 35.5. The monoisotopic (exact) mass is 265 g/mol. The molecular formula is C15H20ClNO. The molecule has 1 heterocycles. The van der Waals surface area contributed by atoms with E-state index in [1.165, 1.54) is 11.1 Å². The normalized spacial score (nSPS) is 16.1. The molecule has 1 aliphatic heterocycles. The number of carbonyl (C=O) groups is 1. The fourth-order valence-corrected chi connectivity index (χ4v) is 2.47. The third-order valence-electron chi connectivity index (χ3n) is 3.62. The van der Waals surface area contributed by atoms with Gasteiger partial charge in [-0.3, -0.25) is 4.79 Å². The summed E-state index contributed by atoms with van der Waals surface area (Å²) in [5.41, 5.74) is 2.28. The zero-order valence-electron chi connectivity index (χ0n) is 11.1. The maximum atomic E-state index is 12.4. The van der Waals surface area contributed by atoms with Crippen LogP contribution in [-0.2, 0) is 17.6 Å². The van der Waals surface area contributed by atoms with Gasteiger partial charge >= 0.3 is 0 Å². The highest BCUT2D eigenvalue weighted by Crippen LogP contribution is 2.23. The summed E-state index contributed by atoms with van der Waals surface area (Å²) in [5, 5.41) is 0. The fourth-order valence-electron chi connectivity index (χ4n) is 2.36. The Morgan fingerprint density at radius 3 is 2.17 bits per heavy atom. The Morgan fingerprint density at radius 1 is 1.22 bits per heavy atom. The summed E-state index contributed by atoms with van der Waals surface area (Å²) in [5.74, 6) is 0.542. The van der Waals surface area contributed by atoms with Crippen molar-refractivity contribution in [1.29, 1.82) is 0 Å². The molecule has 1 aromatic carbocycles. The van der Waals surface area contributed by atoms with Gasteiger partial charge in [0, 0.05) is 19.0 Å². The molecule has 1 aromatic rings. The van der Waals surface area contributed by atoms with Crippen molar-refractivity contribution in [2.24, 2.45) is 5.41 Å². The maximum Gasteiger partial charge on any atom is 0.229 e. The number of benzene rings is 1. The van der Waals surface area contributed by atoms with Gasteiger partial charge in [0.15, 0.2) is 0 Å². The second-order valence-electron chi connectivity index (χ2n) is 5.58. The highest BCUT2D eigenvalue weighted by Gasteiger charge is 2.31. The van der Waals surface area contributed by atoms with E-state index in [9.17, 15) is 4.79 Å². The first-order valence-electron chi connectivity index (χ1n) is 6.47. The van der Waals surface area contributed by atoms with E-state index in [4.69, 9.17) is 11.6 Å². The lowest BCUT2D eigenvalue weighted by atomic mass is 9.94. The fraction of sp³-hybridized carbons (Fsp3) is 0.533. The van der Waals surface area contributed by atoms with Gasteiger partial charge in [-0.1, -0.05) is 24.3 Å². The lowest BCUT2D eigenvalue weighted by Crippen LogP contribution is -2.43. The number of carbonyl (C=O) groups excluding carboxylic acids is 1. The van der Waals surface area contributed by atoms with Gasteiger partial charge in [-0.25, -0.2) is 0 Å². The van der Waals surface area contributed by atoms with Crippen molar-refractivity contribution < 1.29 is 4.79 Å². The Morgan fingerprint density at radius 2 is 1.72 bits per heavy atom. The van der Waals surface area contributed by atoms with Gasteiger partial charge in [0.25, 0.3) is 0 Å². The minimum atomic E-state index is -0.460. The third-order valence-corrected chi connectivity index (χ3v) is 4.29. The van der Waals surface area contributed by atoms with E-state index in [-0.39, 0.29) is 5.91 Å². The summed E-state index contributed by atoms with van der Waals surface area (Å²) >= 11 is 5.89. The largest absolute Gasteiger partial charge is 0.342 e. The van der Waals surface area contributed by atoms with Crippen molar-refractivity contribution in [1.82, 2.24) is 4.90 Å². The van der Waals surface area contributed by atoms with Gasteiger partial charge in [0.05, 0.1) is 5.41 Å². The Labute approximate surface area is 114 Å². The molecule has 0 spiro atoms.